The SMILES string of the molecule is CSCCC(CO)Nc1ncc2cc(Oc3ccccc3F)c(=O)n(C)c2n1. The number of hydrogen-bond acceptors (Lipinski definition) is 7. The number of aryl methyl sites for hydroxylation is 1. The van der Waals surface area contributed by atoms with Crippen molar-refractivity contribution < 1.29 is 14.2 Å². The molecule has 2 aromatic heterocycles. The van der Waals surface area contributed by atoms with Crippen LogP contribution in [-0.2, 0) is 7.05 Å². The van der Waals surface area contributed by atoms with Gasteiger partial charge in [-0.1, -0.05) is 12.1 Å². The topological polar surface area (TPSA) is 89.3 Å². The van der Waals surface area contributed by atoms with Crippen molar-refractivity contribution in [3.63, 3.8) is 0 Å². The molecule has 1 aromatic carbocycles. The van der Waals surface area contributed by atoms with Crippen molar-refractivity contribution in [2.75, 3.05) is 23.9 Å². The zero-order valence-electron chi connectivity index (χ0n) is 15.6. The zero-order valence-corrected chi connectivity index (χ0v) is 16.4. The first-order chi connectivity index (χ1) is 13.5. The maximum atomic E-state index is 13.8. The highest BCUT2D eigenvalue weighted by Crippen LogP contribution is 2.24. The van der Waals surface area contributed by atoms with E-state index in [9.17, 15) is 14.3 Å². The van der Waals surface area contributed by atoms with Crippen molar-refractivity contribution in [3.8, 4) is 11.5 Å². The molecule has 0 amide bonds. The summed E-state index contributed by atoms with van der Waals surface area (Å²) in [4.78, 5) is 21.3. The Hall–Kier alpha value is -2.65. The van der Waals surface area contributed by atoms with Gasteiger partial charge in [0.25, 0.3) is 5.56 Å². The lowest BCUT2D eigenvalue weighted by Crippen LogP contribution is -2.26. The van der Waals surface area contributed by atoms with Crippen molar-refractivity contribution >= 4 is 28.7 Å². The largest absolute Gasteiger partial charge is 0.448 e. The van der Waals surface area contributed by atoms with Crippen molar-refractivity contribution in [2.45, 2.75) is 12.5 Å². The Morgan fingerprint density at radius 2 is 2.14 bits per heavy atom. The second kappa shape index (κ2) is 9.03. The number of aliphatic hydroxyl groups is 1. The van der Waals surface area contributed by atoms with E-state index in [0.29, 0.717) is 17.0 Å². The second-order valence-electron chi connectivity index (χ2n) is 6.18. The Morgan fingerprint density at radius 3 is 2.86 bits per heavy atom. The van der Waals surface area contributed by atoms with E-state index >= 15 is 0 Å². The predicted octanol–water partition coefficient (Wildman–Crippen LogP) is 2.79. The molecule has 1 atom stereocenters. The molecule has 7 nitrogen and oxygen atoms in total. The van der Waals surface area contributed by atoms with Crippen molar-refractivity contribution in [1.82, 2.24) is 14.5 Å². The first-order valence-electron chi connectivity index (χ1n) is 8.69. The van der Waals surface area contributed by atoms with Gasteiger partial charge in [0.15, 0.2) is 17.3 Å². The minimum atomic E-state index is -0.555. The van der Waals surface area contributed by atoms with E-state index in [1.807, 2.05) is 6.26 Å². The van der Waals surface area contributed by atoms with Crippen LogP contribution >= 0.6 is 11.8 Å². The number of pyridine rings is 1. The molecule has 0 aliphatic heterocycles. The van der Waals surface area contributed by atoms with Crippen LogP contribution in [0.3, 0.4) is 0 Å². The highest BCUT2D eigenvalue weighted by molar-refractivity contribution is 7.98. The number of aromatic nitrogens is 3. The molecule has 28 heavy (non-hydrogen) atoms. The van der Waals surface area contributed by atoms with Gasteiger partial charge in [-0.2, -0.15) is 16.7 Å². The minimum Gasteiger partial charge on any atom is -0.448 e. The summed E-state index contributed by atoms with van der Waals surface area (Å²) in [6.07, 6.45) is 4.31. The summed E-state index contributed by atoms with van der Waals surface area (Å²) in [5.41, 5.74) is -0.0357. The normalized spacial score (nSPS) is 12.1. The number of anilines is 1. The number of halogens is 1. The molecule has 3 aromatic rings. The standard InChI is InChI=1S/C19H21FN4O3S/c1-24-17-12(10-21-19(23-17)22-13(11-25)7-8-28-2)9-16(18(24)26)27-15-6-4-3-5-14(15)20/h3-6,9-10,13,25H,7-8,11H2,1-2H3,(H,21,22,23). The van der Waals surface area contributed by atoms with Gasteiger partial charge < -0.3 is 15.2 Å². The first kappa shape index (κ1) is 20.1. The molecule has 0 saturated carbocycles. The lowest BCUT2D eigenvalue weighted by Gasteiger charge is -2.16. The predicted molar refractivity (Wildman–Crippen MR) is 109 cm³/mol. The highest BCUT2D eigenvalue weighted by atomic mass is 32.2. The van der Waals surface area contributed by atoms with E-state index < -0.39 is 11.4 Å². The van der Waals surface area contributed by atoms with Gasteiger partial charge in [-0.15, -0.1) is 0 Å². The third-order valence-corrected chi connectivity index (χ3v) is 4.84. The molecule has 1 unspecified atom stereocenters. The Balaban J connectivity index is 1.92. The van der Waals surface area contributed by atoms with Crippen LogP contribution in [0.4, 0.5) is 10.3 Å². The molecule has 148 valence electrons. The molecule has 0 saturated heterocycles. The molecule has 2 N–H and O–H groups in total. The fourth-order valence-electron chi connectivity index (χ4n) is 2.66. The van der Waals surface area contributed by atoms with Crippen molar-refractivity contribution in [3.05, 3.63) is 52.7 Å². The summed E-state index contributed by atoms with van der Waals surface area (Å²) in [5.74, 6) is 0.614. The quantitative estimate of drug-likeness (QED) is 0.597. The summed E-state index contributed by atoms with van der Waals surface area (Å²) >= 11 is 1.69. The summed E-state index contributed by atoms with van der Waals surface area (Å²) in [5, 5.41) is 13.2. The Kier molecular flexibility index (Phi) is 6.48. The second-order valence-corrected chi connectivity index (χ2v) is 7.17. The summed E-state index contributed by atoms with van der Waals surface area (Å²) in [7, 11) is 1.56. The number of ether oxygens (including phenoxy) is 1. The average molecular weight is 404 g/mol. The van der Waals surface area contributed by atoms with Gasteiger partial charge in [0, 0.05) is 18.6 Å². The third kappa shape index (κ3) is 4.42. The molecule has 9 heteroatoms. The monoisotopic (exact) mass is 404 g/mol. The number of thioether (sulfide) groups is 1. The molecule has 0 fully saturated rings. The molecular formula is C19H21FN4O3S. The van der Waals surface area contributed by atoms with Crippen molar-refractivity contribution in [1.29, 1.82) is 0 Å². The van der Waals surface area contributed by atoms with Gasteiger partial charge in [0.05, 0.1) is 12.6 Å². The van der Waals surface area contributed by atoms with Crippen LogP contribution in [0.15, 0.2) is 41.3 Å². The molecule has 0 bridgehead atoms. The fraction of sp³-hybridized carbons (Fsp3) is 0.316. The zero-order chi connectivity index (χ0) is 20.1. The van der Waals surface area contributed by atoms with Gasteiger partial charge >= 0.3 is 0 Å². The van der Waals surface area contributed by atoms with Crippen molar-refractivity contribution in [2.24, 2.45) is 7.05 Å². The van der Waals surface area contributed by atoms with Gasteiger partial charge in [0.1, 0.15) is 5.65 Å². The number of para-hydroxylation sites is 1. The van der Waals surface area contributed by atoms with E-state index in [-0.39, 0.29) is 24.1 Å². The molecule has 2 heterocycles. The van der Waals surface area contributed by atoms with Crippen LogP contribution in [0.25, 0.3) is 11.0 Å². The highest BCUT2D eigenvalue weighted by Gasteiger charge is 2.14. The van der Waals surface area contributed by atoms with E-state index in [1.165, 1.54) is 22.8 Å². The molecule has 0 radical (unpaired) electrons. The third-order valence-electron chi connectivity index (χ3n) is 4.20. The number of rotatable bonds is 8. The Bertz CT molecular complexity index is 1030. The Morgan fingerprint density at radius 1 is 1.36 bits per heavy atom. The fourth-order valence-corrected chi connectivity index (χ4v) is 3.18. The summed E-state index contributed by atoms with van der Waals surface area (Å²) < 4.78 is 20.6. The number of aliphatic hydroxyl groups excluding tert-OH is 1. The lowest BCUT2D eigenvalue weighted by molar-refractivity contribution is 0.272. The number of fused-ring (bicyclic) bond motifs is 1. The molecule has 3 rings (SSSR count). The van der Waals surface area contributed by atoms with E-state index in [4.69, 9.17) is 4.74 Å². The minimum absolute atomic E-state index is 0.0161. The summed E-state index contributed by atoms with van der Waals surface area (Å²) in [6, 6.07) is 7.19. The number of nitrogens with one attached hydrogen (secondary N) is 1. The van der Waals surface area contributed by atoms with E-state index in [2.05, 4.69) is 15.3 Å². The van der Waals surface area contributed by atoms with Gasteiger partial charge in [-0.05, 0) is 36.6 Å². The summed E-state index contributed by atoms with van der Waals surface area (Å²) in [6.45, 7) is -0.0453. The maximum absolute atomic E-state index is 13.8. The van der Waals surface area contributed by atoms with E-state index in [0.717, 1.165) is 12.2 Å². The molecule has 0 aliphatic carbocycles. The average Bonchev–Trinajstić information content (AvgIpc) is 2.71. The molecular weight excluding hydrogens is 383 g/mol. The smallest absolute Gasteiger partial charge is 0.294 e. The van der Waals surface area contributed by atoms with Crippen LogP contribution < -0.4 is 15.6 Å². The lowest BCUT2D eigenvalue weighted by atomic mass is 10.2. The number of benzene rings is 1. The van der Waals surface area contributed by atoms with Gasteiger partial charge in [-0.3, -0.25) is 9.36 Å². The van der Waals surface area contributed by atoms with E-state index in [1.54, 1.807) is 37.1 Å². The number of hydrogen-bond donors (Lipinski definition) is 2. The Labute approximate surface area is 165 Å². The van der Waals surface area contributed by atoms with Crippen LogP contribution in [0.2, 0.25) is 0 Å². The number of nitrogens with zero attached hydrogens (tertiary/aromatic N) is 3. The van der Waals surface area contributed by atoms with Crippen LogP contribution in [-0.4, -0.2) is 44.3 Å². The van der Waals surface area contributed by atoms with Crippen LogP contribution in [0.1, 0.15) is 6.42 Å². The maximum Gasteiger partial charge on any atom is 0.294 e. The molecule has 0 spiro atoms. The first-order valence-corrected chi connectivity index (χ1v) is 10.1. The van der Waals surface area contributed by atoms with Gasteiger partial charge in [0.2, 0.25) is 5.95 Å². The van der Waals surface area contributed by atoms with Crippen LogP contribution in [0.5, 0.6) is 11.5 Å². The van der Waals surface area contributed by atoms with Gasteiger partial charge in [-0.25, -0.2) is 9.37 Å². The van der Waals surface area contributed by atoms with Crippen LogP contribution in [0, 0.1) is 5.82 Å². The molecule has 0 aliphatic rings.